The van der Waals surface area contributed by atoms with Crippen LogP contribution >= 0.6 is 0 Å². The summed E-state index contributed by atoms with van der Waals surface area (Å²) in [5.41, 5.74) is 1.91. The van der Waals surface area contributed by atoms with Crippen molar-refractivity contribution in [2.75, 3.05) is 13.2 Å². The van der Waals surface area contributed by atoms with Crippen molar-refractivity contribution in [1.29, 1.82) is 0 Å². The van der Waals surface area contributed by atoms with Gasteiger partial charge in [0.25, 0.3) is 5.69 Å². The van der Waals surface area contributed by atoms with Gasteiger partial charge in [0.05, 0.1) is 4.92 Å². The molecule has 110 valence electrons. The van der Waals surface area contributed by atoms with E-state index in [1.165, 1.54) is 12.8 Å². The largest absolute Gasteiger partial charge is 0.396 e. The first-order valence-electron chi connectivity index (χ1n) is 7.20. The van der Waals surface area contributed by atoms with E-state index in [9.17, 15) is 10.1 Å². The van der Waals surface area contributed by atoms with Crippen molar-refractivity contribution in [1.82, 2.24) is 4.90 Å². The van der Waals surface area contributed by atoms with Crippen LogP contribution in [0.4, 0.5) is 5.69 Å². The van der Waals surface area contributed by atoms with Crippen molar-refractivity contribution < 1.29 is 10.0 Å². The number of aliphatic hydroxyl groups excluding tert-OH is 1. The molecular weight excluding hydrogens is 256 g/mol. The number of unbranched alkanes of at least 4 members (excludes halogenated alkanes) is 1. The maximum absolute atomic E-state index is 11.0. The molecule has 20 heavy (non-hydrogen) atoms. The van der Waals surface area contributed by atoms with Crippen LogP contribution in [0.25, 0.3) is 0 Å². The number of hydrogen-bond donors (Lipinski definition) is 1. The Kier molecular flexibility index (Phi) is 5.09. The molecule has 0 saturated heterocycles. The highest BCUT2D eigenvalue weighted by molar-refractivity contribution is 5.42. The Balaban J connectivity index is 2.02. The Morgan fingerprint density at radius 3 is 2.75 bits per heavy atom. The summed E-state index contributed by atoms with van der Waals surface area (Å²) in [7, 11) is 0. The molecule has 1 aromatic rings. The van der Waals surface area contributed by atoms with Gasteiger partial charge < -0.3 is 5.11 Å². The highest BCUT2D eigenvalue weighted by Gasteiger charge is 2.28. The molecule has 2 rings (SSSR count). The van der Waals surface area contributed by atoms with E-state index in [1.54, 1.807) is 13.0 Å². The van der Waals surface area contributed by atoms with Gasteiger partial charge in [0.2, 0.25) is 0 Å². The van der Waals surface area contributed by atoms with Crippen molar-refractivity contribution in [3.63, 3.8) is 0 Å². The summed E-state index contributed by atoms with van der Waals surface area (Å²) in [6.45, 7) is 3.71. The van der Waals surface area contributed by atoms with E-state index < -0.39 is 0 Å². The lowest BCUT2D eigenvalue weighted by atomic mass is 10.1. The lowest BCUT2D eigenvalue weighted by Crippen LogP contribution is -2.26. The fourth-order valence-corrected chi connectivity index (χ4v) is 2.44. The first kappa shape index (κ1) is 14.9. The molecule has 0 bridgehead atoms. The molecule has 0 atom stereocenters. The quantitative estimate of drug-likeness (QED) is 0.451. The van der Waals surface area contributed by atoms with Crippen molar-refractivity contribution in [2.45, 2.75) is 45.2 Å². The minimum atomic E-state index is -0.313. The summed E-state index contributed by atoms with van der Waals surface area (Å²) in [5.74, 6) is 0. The maximum atomic E-state index is 11.0. The van der Waals surface area contributed by atoms with Gasteiger partial charge >= 0.3 is 0 Å². The number of nitro benzene ring substituents is 1. The molecule has 1 fully saturated rings. The topological polar surface area (TPSA) is 66.6 Å². The summed E-state index contributed by atoms with van der Waals surface area (Å²) in [5, 5.41) is 19.8. The van der Waals surface area contributed by atoms with E-state index in [2.05, 4.69) is 4.90 Å². The van der Waals surface area contributed by atoms with Crippen molar-refractivity contribution in [3.05, 3.63) is 39.4 Å². The predicted octanol–water partition coefficient (Wildman–Crippen LogP) is 2.64. The highest BCUT2D eigenvalue weighted by atomic mass is 16.6. The molecule has 1 aliphatic carbocycles. The molecule has 1 aliphatic rings. The van der Waals surface area contributed by atoms with Gasteiger partial charge in [0.15, 0.2) is 0 Å². The molecule has 0 spiro atoms. The zero-order valence-corrected chi connectivity index (χ0v) is 11.9. The molecule has 5 heteroatoms. The van der Waals surface area contributed by atoms with Gasteiger partial charge in [-0.3, -0.25) is 15.0 Å². The Morgan fingerprint density at radius 1 is 1.40 bits per heavy atom. The van der Waals surface area contributed by atoms with Gasteiger partial charge in [-0.1, -0.05) is 12.1 Å². The number of aryl methyl sites for hydroxylation is 1. The number of rotatable bonds is 8. The van der Waals surface area contributed by atoms with Gasteiger partial charge in [-0.05, 0) is 44.7 Å². The van der Waals surface area contributed by atoms with Crippen LogP contribution in [0.2, 0.25) is 0 Å². The Labute approximate surface area is 119 Å². The van der Waals surface area contributed by atoms with Crippen LogP contribution in [0, 0.1) is 17.0 Å². The first-order chi connectivity index (χ1) is 9.61. The molecule has 0 heterocycles. The van der Waals surface area contributed by atoms with Crippen molar-refractivity contribution >= 4 is 5.69 Å². The number of nitro groups is 1. The molecule has 0 unspecified atom stereocenters. The molecule has 0 aliphatic heterocycles. The lowest BCUT2D eigenvalue weighted by Gasteiger charge is -2.22. The van der Waals surface area contributed by atoms with Crippen LogP contribution in [0.5, 0.6) is 0 Å². The zero-order chi connectivity index (χ0) is 14.5. The molecule has 0 radical (unpaired) electrons. The number of nitrogens with zero attached hydrogens (tertiary/aromatic N) is 2. The molecular formula is C15H22N2O3. The number of hydrogen-bond acceptors (Lipinski definition) is 4. The highest BCUT2D eigenvalue weighted by Crippen LogP contribution is 2.29. The van der Waals surface area contributed by atoms with E-state index in [0.717, 1.165) is 31.5 Å². The van der Waals surface area contributed by atoms with Crippen LogP contribution < -0.4 is 0 Å². The van der Waals surface area contributed by atoms with E-state index in [-0.39, 0.29) is 17.2 Å². The van der Waals surface area contributed by atoms with Gasteiger partial charge in [0, 0.05) is 30.8 Å². The molecule has 1 N–H and O–H groups in total. The summed E-state index contributed by atoms with van der Waals surface area (Å²) in [6, 6.07) is 6.11. The normalized spacial score (nSPS) is 14.8. The molecule has 0 amide bonds. The number of benzene rings is 1. The van der Waals surface area contributed by atoms with Crippen LogP contribution in [0.15, 0.2) is 18.2 Å². The monoisotopic (exact) mass is 278 g/mol. The second-order valence-electron chi connectivity index (χ2n) is 5.51. The summed E-state index contributed by atoms with van der Waals surface area (Å²) < 4.78 is 0. The summed E-state index contributed by atoms with van der Waals surface area (Å²) in [6.07, 6.45) is 4.22. The third kappa shape index (κ3) is 4.02. The molecule has 5 nitrogen and oxygen atoms in total. The SMILES string of the molecule is Cc1ccc(CN(CCCCO)C2CC2)cc1[N+](=O)[O-]. The molecule has 1 aromatic carbocycles. The van der Waals surface area contributed by atoms with Gasteiger partial charge in [0.1, 0.15) is 0 Å². The molecule has 1 saturated carbocycles. The lowest BCUT2D eigenvalue weighted by molar-refractivity contribution is -0.385. The van der Waals surface area contributed by atoms with Gasteiger partial charge in [-0.25, -0.2) is 0 Å². The summed E-state index contributed by atoms with van der Waals surface area (Å²) >= 11 is 0. The zero-order valence-electron chi connectivity index (χ0n) is 11.9. The number of aliphatic hydroxyl groups is 1. The average Bonchev–Trinajstić information content (AvgIpc) is 3.24. The van der Waals surface area contributed by atoms with E-state index >= 15 is 0 Å². The Hall–Kier alpha value is -1.46. The van der Waals surface area contributed by atoms with Gasteiger partial charge in [-0.2, -0.15) is 0 Å². The minimum absolute atomic E-state index is 0.202. The van der Waals surface area contributed by atoms with Crippen LogP contribution in [0.1, 0.15) is 36.8 Å². The summed E-state index contributed by atoms with van der Waals surface area (Å²) in [4.78, 5) is 13.0. The van der Waals surface area contributed by atoms with Crippen molar-refractivity contribution in [2.24, 2.45) is 0 Å². The second kappa shape index (κ2) is 6.81. The third-order valence-electron chi connectivity index (χ3n) is 3.77. The second-order valence-corrected chi connectivity index (χ2v) is 5.51. The third-order valence-corrected chi connectivity index (χ3v) is 3.77. The van der Waals surface area contributed by atoms with Gasteiger partial charge in [-0.15, -0.1) is 0 Å². The average molecular weight is 278 g/mol. The van der Waals surface area contributed by atoms with Crippen LogP contribution in [-0.2, 0) is 6.54 Å². The van der Waals surface area contributed by atoms with Crippen molar-refractivity contribution in [3.8, 4) is 0 Å². The minimum Gasteiger partial charge on any atom is -0.396 e. The van der Waals surface area contributed by atoms with Crippen LogP contribution in [0.3, 0.4) is 0 Å². The Morgan fingerprint density at radius 2 is 2.15 bits per heavy atom. The fourth-order valence-electron chi connectivity index (χ4n) is 2.44. The van der Waals surface area contributed by atoms with E-state index in [0.29, 0.717) is 11.6 Å². The fraction of sp³-hybridized carbons (Fsp3) is 0.600. The standard InChI is InChI=1S/C15H22N2O3/c1-12-4-5-13(10-15(12)17(19)20)11-16(14-6-7-14)8-2-3-9-18/h4-5,10,14,18H,2-3,6-9,11H2,1H3. The Bertz CT molecular complexity index is 472. The maximum Gasteiger partial charge on any atom is 0.272 e. The first-order valence-corrected chi connectivity index (χ1v) is 7.20. The predicted molar refractivity (Wildman–Crippen MR) is 77.6 cm³/mol. The molecule has 0 aromatic heterocycles. The van der Waals surface area contributed by atoms with E-state index in [1.807, 2.05) is 12.1 Å². The smallest absolute Gasteiger partial charge is 0.272 e. The van der Waals surface area contributed by atoms with Crippen LogP contribution in [-0.4, -0.2) is 34.1 Å². The van der Waals surface area contributed by atoms with E-state index in [4.69, 9.17) is 5.11 Å².